The van der Waals surface area contributed by atoms with Crippen molar-refractivity contribution >= 4 is 5.96 Å². The summed E-state index contributed by atoms with van der Waals surface area (Å²) in [5.41, 5.74) is 6.59. The lowest BCUT2D eigenvalue weighted by atomic mass is 9.48. The van der Waals surface area contributed by atoms with Crippen molar-refractivity contribution in [3.05, 3.63) is 0 Å². The van der Waals surface area contributed by atoms with Crippen molar-refractivity contribution < 1.29 is 0 Å². The average molecular weight is 277 g/mol. The third-order valence-electron chi connectivity index (χ3n) is 6.00. The molecule has 3 heteroatoms. The van der Waals surface area contributed by atoms with Crippen LogP contribution in [-0.4, -0.2) is 18.5 Å². The molecule has 0 amide bonds. The fourth-order valence-corrected chi connectivity index (χ4v) is 5.41. The Morgan fingerprint density at radius 2 is 1.60 bits per heavy atom. The first-order valence-electron chi connectivity index (χ1n) is 8.53. The van der Waals surface area contributed by atoms with Crippen LogP contribution in [0.5, 0.6) is 0 Å². The molecule has 3 nitrogen and oxygen atoms in total. The van der Waals surface area contributed by atoms with Crippen LogP contribution in [0.4, 0.5) is 0 Å². The second-order valence-electron chi connectivity index (χ2n) is 8.27. The molecule has 4 aliphatic carbocycles. The van der Waals surface area contributed by atoms with E-state index < -0.39 is 0 Å². The van der Waals surface area contributed by atoms with Crippen molar-refractivity contribution in [1.82, 2.24) is 5.32 Å². The van der Waals surface area contributed by atoms with E-state index in [2.05, 4.69) is 31.1 Å². The number of rotatable bonds is 4. The molecule has 1 atom stereocenters. The quantitative estimate of drug-likeness (QED) is 0.612. The SMILES string of the molecule is CC(C)CN=C(N)NC(C)C12CC3CC(CC(C3)C1)C2. The van der Waals surface area contributed by atoms with Gasteiger partial charge in [-0.2, -0.15) is 0 Å². The lowest BCUT2D eigenvalue weighted by Crippen LogP contribution is -2.56. The summed E-state index contributed by atoms with van der Waals surface area (Å²) in [4.78, 5) is 4.47. The van der Waals surface area contributed by atoms with Gasteiger partial charge in [-0.3, -0.25) is 4.99 Å². The first-order chi connectivity index (χ1) is 9.47. The molecule has 20 heavy (non-hydrogen) atoms. The Bertz CT molecular complexity index is 350. The van der Waals surface area contributed by atoms with E-state index in [1.54, 1.807) is 0 Å². The molecule has 0 spiro atoms. The van der Waals surface area contributed by atoms with Gasteiger partial charge >= 0.3 is 0 Å². The van der Waals surface area contributed by atoms with Crippen LogP contribution in [-0.2, 0) is 0 Å². The van der Waals surface area contributed by atoms with Gasteiger partial charge in [-0.1, -0.05) is 13.8 Å². The number of hydrogen-bond acceptors (Lipinski definition) is 1. The molecule has 0 heterocycles. The third kappa shape index (κ3) is 2.68. The van der Waals surface area contributed by atoms with Crippen LogP contribution in [0.2, 0.25) is 0 Å². The van der Waals surface area contributed by atoms with E-state index in [9.17, 15) is 0 Å². The Morgan fingerprint density at radius 3 is 2.05 bits per heavy atom. The molecule has 4 saturated carbocycles. The summed E-state index contributed by atoms with van der Waals surface area (Å²) >= 11 is 0. The standard InChI is InChI=1S/C17H31N3/c1-11(2)10-19-16(18)20-12(3)17-7-13-4-14(8-17)6-15(5-13)9-17/h11-15H,4-10H2,1-3H3,(H3,18,19,20). The lowest BCUT2D eigenvalue weighted by molar-refractivity contribution is -0.0673. The van der Waals surface area contributed by atoms with Crippen LogP contribution < -0.4 is 11.1 Å². The minimum atomic E-state index is 0.479. The molecular weight excluding hydrogens is 246 g/mol. The molecule has 1 unspecified atom stereocenters. The number of guanidine groups is 1. The maximum Gasteiger partial charge on any atom is 0.188 e. The predicted octanol–water partition coefficient (Wildman–Crippen LogP) is 3.15. The molecule has 4 fully saturated rings. The summed E-state index contributed by atoms with van der Waals surface area (Å²) in [5, 5.41) is 3.52. The van der Waals surface area contributed by atoms with Crippen LogP contribution >= 0.6 is 0 Å². The predicted molar refractivity (Wildman–Crippen MR) is 84.5 cm³/mol. The highest BCUT2D eigenvalue weighted by atomic mass is 15.1. The number of hydrogen-bond donors (Lipinski definition) is 2. The first-order valence-corrected chi connectivity index (χ1v) is 8.53. The number of aliphatic imine (C=N–C) groups is 1. The summed E-state index contributed by atoms with van der Waals surface area (Å²) in [6.45, 7) is 7.52. The summed E-state index contributed by atoms with van der Waals surface area (Å²) < 4.78 is 0. The largest absolute Gasteiger partial charge is 0.370 e. The van der Waals surface area contributed by atoms with Gasteiger partial charge in [0.05, 0.1) is 0 Å². The molecule has 4 bridgehead atoms. The fourth-order valence-electron chi connectivity index (χ4n) is 5.41. The molecule has 0 aromatic heterocycles. The van der Waals surface area contributed by atoms with Crippen LogP contribution in [0.1, 0.15) is 59.3 Å². The van der Waals surface area contributed by atoms with Gasteiger partial charge in [0.15, 0.2) is 5.96 Å². The van der Waals surface area contributed by atoms with Gasteiger partial charge in [-0.05, 0) is 74.5 Å². The van der Waals surface area contributed by atoms with Gasteiger partial charge in [0.25, 0.3) is 0 Å². The Balaban J connectivity index is 1.65. The zero-order chi connectivity index (χ0) is 14.3. The van der Waals surface area contributed by atoms with E-state index in [1.165, 1.54) is 38.5 Å². The highest BCUT2D eigenvalue weighted by Crippen LogP contribution is 2.61. The second kappa shape index (κ2) is 5.23. The van der Waals surface area contributed by atoms with E-state index in [0.29, 0.717) is 23.3 Å². The smallest absolute Gasteiger partial charge is 0.188 e. The molecule has 0 radical (unpaired) electrons. The van der Waals surface area contributed by atoms with Gasteiger partial charge in [0.1, 0.15) is 0 Å². The highest BCUT2D eigenvalue weighted by Gasteiger charge is 2.53. The van der Waals surface area contributed by atoms with Crippen LogP contribution in [0.25, 0.3) is 0 Å². The molecule has 4 rings (SSSR count). The van der Waals surface area contributed by atoms with E-state index in [4.69, 9.17) is 5.73 Å². The van der Waals surface area contributed by atoms with E-state index in [1.807, 2.05) is 0 Å². The molecule has 3 N–H and O–H groups in total. The minimum Gasteiger partial charge on any atom is -0.370 e. The number of nitrogens with two attached hydrogens (primary N) is 1. The van der Waals surface area contributed by atoms with Crippen molar-refractivity contribution in [2.24, 2.45) is 39.8 Å². The van der Waals surface area contributed by atoms with Crippen molar-refractivity contribution in [3.8, 4) is 0 Å². The molecule has 4 aliphatic rings. The van der Waals surface area contributed by atoms with E-state index >= 15 is 0 Å². The minimum absolute atomic E-state index is 0.479. The molecule has 114 valence electrons. The third-order valence-corrected chi connectivity index (χ3v) is 6.00. The molecular formula is C17H31N3. The summed E-state index contributed by atoms with van der Waals surface area (Å²) in [6, 6.07) is 0.479. The van der Waals surface area contributed by atoms with Crippen LogP contribution in [0.15, 0.2) is 4.99 Å². The lowest BCUT2D eigenvalue weighted by Gasteiger charge is -2.59. The topological polar surface area (TPSA) is 50.4 Å². The van der Waals surface area contributed by atoms with E-state index in [-0.39, 0.29) is 0 Å². The Morgan fingerprint density at radius 1 is 1.10 bits per heavy atom. The van der Waals surface area contributed by atoms with Crippen LogP contribution in [0.3, 0.4) is 0 Å². The Hall–Kier alpha value is -0.730. The zero-order valence-corrected chi connectivity index (χ0v) is 13.4. The summed E-state index contributed by atoms with van der Waals surface area (Å²) in [5.74, 6) is 4.23. The Labute approximate surface area is 123 Å². The summed E-state index contributed by atoms with van der Waals surface area (Å²) in [6.07, 6.45) is 8.77. The maximum atomic E-state index is 6.08. The van der Waals surface area contributed by atoms with Crippen molar-refractivity contribution in [3.63, 3.8) is 0 Å². The van der Waals surface area contributed by atoms with Crippen molar-refractivity contribution in [1.29, 1.82) is 0 Å². The fraction of sp³-hybridized carbons (Fsp3) is 0.941. The number of nitrogens with one attached hydrogen (secondary N) is 1. The zero-order valence-electron chi connectivity index (χ0n) is 13.4. The molecule has 0 aliphatic heterocycles. The molecule has 0 aromatic rings. The first kappa shape index (κ1) is 14.2. The van der Waals surface area contributed by atoms with Gasteiger partial charge in [0, 0.05) is 12.6 Å². The number of nitrogens with zero attached hydrogens (tertiary/aromatic N) is 1. The molecule has 0 saturated heterocycles. The van der Waals surface area contributed by atoms with Gasteiger partial charge < -0.3 is 11.1 Å². The van der Waals surface area contributed by atoms with Gasteiger partial charge in [0.2, 0.25) is 0 Å². The van der Waals surface area contributed by atoms with Gasteiger partial charge in [-0.25, -0.2) is 0 Å². The normalized spacial score (nSPS) is 41.2. The highest BCUT2D eigenvalue weighted by molar-refractivity contribution is 5.78. The Kier molecular flexibility index (Phi) is 3.72. The van der Waals surface area contributed by atoms with Crippen molar-refractivity contribution in [2.75, 3.05) is 6.54 Å². The second-order valence-corrected chi connectivity index (χ2v) is 8.27. The molecule has 0 aromatic carbocycles. The van der Waals surface area contributed by atoms with E-state index in [0.717, 1.165) is 24.3 Å². The van der Waals surface area contributed by atoms with Gasteiger partial charge in [-0.15, -0.1) is 0 Å². The monoisotopic (exact) mass is 277 g/mol. The maximum absolute atomic E-state index is 6.08. The van der Waals surface area contributed by atoms with Crippen LogP contribution in [0, 0.1) is 29.1 Å². The summed E-state index contributed by atoms with van der Waals surface area (Å²) in [7, 11) is 0. The average Bonchev–Trinajstić information content (AvgIpc) is 2.34. The van der Waals surface area contributed by atoms with Crippen molar-refractivity contribution in [2.45, 2.75) is 65.3 Å².